The Hall–Kier alpha value is -2.63. The van der Waals surface area contributed by atoms with Gasteiger partial charge in [-0.15, -0.1) is 0 Å². The number of carboxylic acids is 1. The van der Waals surface area contributed by atoms with Crippen molar-refractivity contribution in [1.82, 2.24) is 14.7 Å². The van der Waals surface area contributed by atoms with Crippen LogP contribution in [0.1, 0.15) is 41.5 Å². The summed E-state index contributed by atoms with van der Waals surface area (Å²) in [6.07, 6.45) is 1.31. The number of nitrogens with zero attached hydrogens (tertiary/aromatic N) is 3. The molecule has 1 atom stereocenters. The predicted molar refractivity (Wildman–Crippen MR) is 93.9 cm³/mol. The lowest BCUT2D eigenvalue weighted by molar-refractivity contribution is -0.150. The van der Waals surface area contributed by atoms with Crippen molar-refractivity contribution in [3.63, 3.8) is 0 Å². The molecule has 0 spiro atoms. The number of carboxylic acid groups (broad SMARTS) is 1. The summed E-state index contributed by atoms with van der Waals surface area (Å²) in [5.74, 6) is -0.961. The van der Waals surface area contributed by atoms with Gasteiger partial charge < -0.3 is 10.0 Å². The minimum absolute atomic E-state index is 0.118. The van der Waals surface area contributed by atoms with Gasteiger partial charge in [0.2, 0.25) is 0 Å². The van der Waals surface area contributed by atoms with Gasteiger partial charge >= 0.3 is 5.97 Å². The van der Waals surface area contributed by atoms with Crippen molar-refractivity contribution < 1.29 is 14.7 Å². The van der Waals surface area contributed by atoms with E-state index >= 15 is 0 Å². The molecule has 6 nitrogen and oxygen atoms in total. The van der Waals surface area contributed by atoms with Gasteiger partial charge in [0.1, 0.15) is 0 Å². The monoisotopic (exact) mass is 341 g/mol. The van der Waals surface area contributed by atoms with Gasteiger partial charge in [0, 0.05) is 24.3 Å². The number of aliphatic carboxylic acids is 1. The van der Waals surface area contributed by atoms with E-state index in [-0.39, 0.29) is 12.5 Å². The van der Waals surface area contributed by atoms with Crippen LogP contribution in [0.2, 0.25) is 0 Å². The number of aromatic nitrogens is 2. The lowest BCUT2D eigenvalue weighted by Crippen LogP contribution is -2.48. The third kappa shape index (κ3) is 3.29. The van der Waals surface area contributed by atoms with E-state index in [0.717, 1.165) is 17.1 Å². The summed E-state index contributed by atoms with van der Waals surface area (Å²) in [4.78, 5) is 25.9. The number of rotatable bonds is 3. The van der Waals surface area contributed by atoms with Crippen LogP contribution in [-0.4, -0.2) is 44.8 Å². The van der Waals surface area contributed by atoms with Gasteiger partial charge in [-0.3, -0.25) is 9.59 Å². The van der Waals surface area contributed by atoms with Crippen LogP contribution in [0.25, 0.3) is 5.69 Å². The number of benzene rings is 1. The Morgan fingerprint density at radius 2 is 1.88 bits per heavy atom. The fourth-order valence-corrected chi connectivity index (χ4v) is 3.41. The van der Waals surface area contributed by atoms with Gasteiger partial charge in [-0.25, -0.2) is 4.68 Å². The molecule has 1 N–H and O–H groups in total. The summed E-state index contributed by atoms with van der Waals surface area (Å²) < 4.78 is 1.84. The first-order chi connectivity index (χ1) is 11.8. The van der Waals surface area contributed by atoms with E-state index < -0.39 is 11.4 Å². The average Bonchev–Trinajstić information content (AvgIpc) is 2.92. The quantitative estimate of drug-likeness (QED) is 0.931. The highest BCUT2D eigenvalue weighted by Gasteiger charge is 2.39. The number of piperidine rings is 1. The van der Waals surface area contributed by atoms with E-state index in [9.17, 15) is 14.7 Å². The fourth-order valence-electron chi connectivity index (χ4n) is 3.41. The van der Waals surface area contributed by atoms with Crippen molar-refractivity contribution in [2.45, 2.75) is 33.6 Å². The molecule has 2 aromatic rings. The van der Waals surface area contributed by atoms with Gasteiger partial charge in [0.25, 0.3) is 5.91 Å². The maximum absolute atomic E-state index is 12.7. The van der Waals surface area contributed by atoms with Crippen LogP contribution in [0, 0.1) is 19.3 Å². The van der Waals surface area contributed by atoms with Crippen LogP contribution in [0.4, 0.5) is 0 Å². The average molecular weight is 341 g/mol. The van der Waals surface area contributed by atoms with Crippen molar-refractivity contribution in [3.05, 3.63) is 47.3 Å². The Kier molecular flexibility index (Phi) is 4.37. The van der Waals surface area contributed by atoms with Gasteiger partial charge in [0.15, 0.2) is 0 Å². The molecule has 0 bridgehead atoms. The first kappa shape index (κ1) is 17.2. The molecule has 0 saturated carbocycles. The molecule has 1 saturated heterocycles. The topological polar surface area (TPSA) is 75.4 Å². The van der Waals surface area contributed by atoms with Crippen LogP contribution in [0.5, 0.6) is 0 Å². The largest absolute Gasteiger partial charge is 0.481 e. The third-order valence-corrected chi connectivity index (χ3v) is 4.87. The Labute approximate surface area is 147 Å². The molecule has 0 radical (unpaired) electrons. The van der Waals surface area contributed by atoms with E-state index in [0.29, 0.717) is 24.9 Å². The minimum atomic E-state index is -0.864. The number of carbonyl (C=O) groups is 2. The molecule has 1 aromatic heterocycles. The Morgan fingerprint density at radius 3 is 2.44 bits per heavy atom. The number of hydrogen-bond acceptors (Lipinski definition) is 3. The van der Waals surface area contributed by atoms with E-state index in [1.807, 2.05) is 36.7 Å². The highest BCUT2D eigenvalue weighted by Crippen LogP contribution is 2.30. The highest BCUT2D eigenvalue weighted by molar-refractivity contribution is 5.95. The highest BCUT2D eigenvalue weighted by atomic mass is 16.4. The molecule has 3 rings (SSSR count). The van der Waals surface area contributed by atoms with Gasteiger partial charge in [-0.2, -0.15) is 5.10 Å². The zero-order valence-electron chi connectivity index (χ0n) is 14.8. The Balaban J connectivity index is 1.79. The lowest BCUT2D eigenvalue weighted by atomic mass is 9.82. The van der Waals surface area contributed by atoms with Gasteiger partial charge in [-0.1, -0.05) is 0 Å². The molecule has 0 aliphatic carbocycles. The molecule has 1 amide bonds. The summed E-state index contributed by atoms with van der Waals surface area (Å²) in [6, 6.07) is 9.29. The van der Waals surface area contributed by atoms with Crippen molar-refractivity contribution in [2.24, 2.45) is 5.41 Å². The molecule has 1 fully saturated rings. The Morgan fingerprint density at radius 1 is 1.20 bits per heavy atom. The van der Waals surface area contributed by atoms with Crippen molar-refractivity contribution in [3.8, 4) is 5.69 Å². The lowest BCUT2D eigenvalue weighted by Gasteiger charge is -2.37. The summed E-state index contributed by atoms with van der Waals surface area (Å²) in [5, 5.41) is 13.8. The van der Waals surface area contributed by atoms with E-state index in [1.54, 1.807) is 24.0 Å². The van der Waals surface area contributed by atoms with Crippen molar-refractivity contribution in [1.29, 1.82) is 0 Å². The van der Waals surface area contributed by atoms with E-state index in [2.05, 4.69) is 5.10 Å². The smallest absolute Gasteiger partial charge is 0.311 e. The zero-order valence-corrected chi connectivity index (χ0v) is 14.8. The molecule has 1 unspecified atom stereocenters. The van der Waals surface area contributed by atoms with E-state index in [1.165, 1.54) is 0 Å². The normalized spacial score (nSPS) is 20.5. The summed E-state index contributed by atoms with van der Waals surface area (Å²) in [6.45, 7) is 6.48. The fraction of sp³-hybridized carbons (Fsp3) is 0.421. The molecule has 132 valence electrons. The first-order valence-electron chi connectivity index (χ1n) is 8.46. The second-order valence-electron chi connectivity index (χ2n) is 7.08. The van der Waals surface area contributed by atoms with Crippen LogP contribution >= 0.6 is 0 Å². The number of carbonyl (C=O) groups excluding carboxylic acids is 1. The maximum Gasteiger partial charge on any atom is 0.311 e. The molecule has 2 heterocycles. The number of aryl methyl sites for hydroxylation is 2. The molecule has 1 aromatic carbocycles. The summed E-state index contributed by atoms with van der Waals surface area (Å²) >= 11 is 0. The number of likely N-dealkylation sites (tertiary alicyclic amines) is 1. The maximum atomic E-state index is 12.7. The number of hydrogen-bond donors (Lipinski definition) is 1. The zero-order chi connectivity index (χ0) is 18.2. The standard InChI is InChI=1S/C19H23N3O3/c1-13-11-14(2)22(20-13)16-7-5-15(6-8-16)17(23)21-10-4-9-19(3,12-21)18(24)25/h5-8,11H,4,9-10,12H2,1-3H3,(H,24,25). The van der Waals surface area contributed by atoms with Crippen LogP contribution < -0.4 is 0 Å². The molecule has 6 heteroatoms. The molecular weight excluding hydrogens is 318 g/mol. The van der Waals surface area contributed by atoms with Crippen molar-refractivity contribution >= 4 is 11.9 Å². The minimum Gasteiger partial charge on any atom is -0.481 e. The van der Waals surface area contributed by atoms with Crippen LogP contribution in [0.15, 0.2) is 30.3 Å². The van der Waals surface area contributed by atoms with E-state index in [4.69, 9.17) is 0 Å². The van der Waals surface area contributed by atoms with Gasteiger partial charge in [0.05, 0.1) is 16.8 Å². The first-order valence-corrected chi connectivity index (χ1v) is 8.46. The second kappa shape index (κ2) is 6.35. The summed E-state index contributed by atoms with van der Waals surface area (Å²) in [5.41, 5.74) is 2.58. The van der Waals surface area contributed by atoms with Crippen LogP contribution in [-0.2, 0) is 4.79 Å². The molecule has 1 aliphatic heterocycles. The Bertz CT molecular complexity index is 810. The van der Waals surface area contributed by atoms with Crippen molar-refractivity contribution in [2.75, 3.05) is 13.1 Å². The third-order valence-electron chi connectivity index (χ3n) is 4.87. The van der Waals surface area contributed by atoms with Crippen LogP contribution in [0.3, 0.4) is 0 Å². The molecule has 1 aliphatic rings. The number of amides is 1. The summed E-state index contributed by atoms with van der Waals surface area (Å²) in [7, 11) is 0. The molecular formula is C19H23N3O3. The van der Waals surface area contributed by atoms with Gasteiger partial charge in [-0.05, 0) is 63.9 Å². The second-order valence-corrected chi connectivity index (χ2v) is 7.08. The molecule has 25 heavy (non-hydrogen) atoms. The predicted octanol–water partition coefficient (Wildman–Crippen LogP) is 2.82. The SMILES string of the molecule is Cc1cc(C)n(-c2ccc(C(=O)N3CCCC(C)(C(=O)O)C3)cc2)n1.